The second kappa shape index (κ2) is 33.7. The Balaban J connectivity index is 0.889. The topological polar surface area (TPSA) is 192 Å². The number of carbonyl (C=O) groups is 8. The molecule has 16 heteroatoms. The Bertz CT molecular complexity index is 2960. The second-order valence-corrected chi connectivity index (χ2v) is 25.8. The standard InChI is InChI=1S/C73H98N6O10/c1-7-51(4)70(84)75-69(58-26-18-11-19-27-58)73(87)79-45-41-66(89-6)62(79)48-76(42-38-52-20-12-8-13-21-52)67(82)37-36-63(80)57-32-28-54(29-33-57)55-30-34-59(35-31-55)71(85)74-47-68(83)77(43-39-53-22-14-9-15-23-53)49-61-65(88-5)40-44-78(61)72(86)60(46-64(81)50(2)3)56-24-16-10-17-25-56/h8-9,12-15,20-23,28-35,50-51,56,58,60-62,65-66,69H,7,10-11,16-19,24-27,36-49H2,1-6H3,(H,74,85)(H,75,84)/t51-,60+,61-,62-,65+,66+,69+/m1/s1. The number of hydrogen-bond donors (Lipinski definition) is 2. The molecule has 0 radical (unpaired) electrons. The van der Waals surface area contributed by atoms with Crippen molar-refractivity contribution in [1.29, 1.82) is 0 Å². The van der Waals surface area contributed by atoms with Crippen LogP contribution in [0, 0.1) is 29.6 Å². The molecule has 89 heavy (non-hydrogen) atoms. The van der Waals surface area contributed by atoms with E-state index in [1.165, 1.54) is 0 Å². The van der Waals surface area contributed by atoms with Gasteiger partial charge in [-0.15, -0.1) is 0 Å². The number of likely N-dealkylation sites (tertiary alicyclic amines) is 2. The predicted octanol–water partition coefficient (Wildman–Crippen LogP) is 10.3. The van der Waals surface area contributed by atoms with Gasteiger partial charge >= 0.3 is 0 Å². The fourth-order valence-corrected chi connectivity index (χ4v) is 13.8. The highest BCUT2D eigenvalue weighted by Gasteiger charge is 2.46. The maximum Gasteiger partial charge on any atom is 0.251 e. The van der Waals surface area contributed by atoms with Crippen LogP contribution in [0.2, 0.25) is 0 Å². The van der Waals surface area contributed by atoms with Gasteiger partial charge in [-0.25, -0.2) is 0 Å². The first-order valence-corrected chi connectivity index (χ1v) is 33.2. The Hall–Kier alpha value is -7.04. The Morgan fingerprint density at radius 2 is 1.04 bits per heavy atom. The van der Waals surface area contributed by atoms with Crippen LogP contribution in [0.4, 0.5) is 0 Å². The van der Waals surface area contributed by atoms with Crippen molar-refractivity contribution in [1.82, 2.24) is 30.2 Å². The van der Waals surface area contributed by atoms with Crippen molar-refractivity contribution in [3.05, 3.63) is 131 Å². The third kappa shape index (κ3) is 18.5. The zero-order chi connectivity index (χ0) is 63.4. The first kappa shape index (κ1) is 67.9. The van der Waals surface area contributed by atoms with Crippen LogP contribution in [-0.4, -0.2) is 157 Å². The van der Waals surface area contributed by atoms with Crippen LogP contribution < -0.4 is 10.6 Å². The van der Waals surface area contributed by atoms with E-state index in [0.717, 1.165) is 86.5 Å². The minimum absolute atomic E-state index is 0.0154. The first-order chi connectivity index (χ1) is 43.1. The smallest absolute Gasteiger partial charge is 0.251 e. The van der Waals surface area contributed by atoms with E-state index in [-0.39, 0.29) is 116 Å². The van der Waals surface area contributed by atoms with E-state index in [4.69, 9.17) is 9.47 Å². The lowest BCUT2D eigenvalue weighted by molar-refractivity contribution is -0.144. The van der Waals surface area contributed by atoms with E-state index in [1.807, 2.05) is 122 Å². The van der Waals surface area contributed by atoms with Gasteiger partial charge < -0.3 is 39.7 Å². The number of hydrogen-bond acceptors (Lipinski definition) is 10. The third-order valence-electron chi connectivity index (χ3n) is 19.7. The predicted molar refractivity (Wildman–Crippen MR) is 346 cm³/mol. The molecule has 4 aromatic rings. The van der Waals surface area contributed by atoms with Crippen molar-refractivity contribution >= 4 is 47.0 Å². The molecule has 4 aromatic carbocycles. The number of ketones is 2. The number of methoxy groups -OCH3 is 2. The molecule has 4 aliphatic rings. The quantitative estimate of drug-likeness (QED) is 0.0475. The summed E-state index contributed by atoms with van der Waals surface area (Å²) in [5.74, 6) is -1.89. The number of nitrogens with zero attached hydrogens (tertiary/aromatic N) is 4. The summed E-state index contributed by atoms with van der Waals surface area (Å²) < 4.78 is 12.0. The number of amides is 6. The van der Waals surface area contributed by atoms with Gasteiger partial charge in [0.05, 0.1) is 30.8 Å². The first-order valence-electron chi connectivity index (χ1n) is 33.2. The summed E-state index contributed by atoms with van der Waals surface area (Å²) in [4.78, 5) is 120. The molecule has 7 atom stereocenters. The van der Waals surface area contributed by atoms with Crippen molar-refractivity contribution in [3.8, 4) is 11.1 Å². The van der Waals surface area contributed by atoms with Gasteiger partial charge in [-0.3, -0.25) is 38.4 Å². The van der Waals surface area contributed by atoms with Crippen LogP contribution >= 0.6 is 0 Å². The van der Waals surface area contributed by atoms with Crippen LogP contribution in [0.5, 0.6) is 0 Å². The van der Waals surface area contributed by atoms with Crippen LogP contribution in [0.15, 0.2) is 109 Å². The molecule has 6 amide bonds. The molecular weight excluding hydrogens is 1120 g/mol. The summed E-state index contributed by atoms with van der Waals surface area (Å²) >= 11 is 0. The molecule has 2 aliphatic carbocycles. The Morgan fingerprint density at radius 1 is 0.562 bits per heavy atom. The zero-order valence-corrected chi connectivity index (χ0v) is 53.7. The van der Waals surface area contributed by atoms with Gasteiger partial charge in [0.2, 0.25) is 29.5 Å². The van der Waals surface area contributed by atoms with Gasteiger partial charge in [0, 0.05) is 102 Å². The summed E-state index contributed by atoms with van der Waals surface area (Å²) in [6, 6.07) is 32.5. The Kier molecular flexibility index (Phi) is 25.7. The van der Waals surface area contributed by atoms with E-state index in [0.29, 0.717) is 69.4 Å². The number of Topliss-reactive ketones (excluding diaryl/α,β-unsaturated/α-hetero) is 2. The lowest BCUT2D eigenvalue weighted by Crippen LogP contribution is -2.57. The van der Waals surface area contributed by atoms with Gasteiger partial charge in [-0.1, -0.05) is 163 Å². The van der Waals surface area contributed by atoms with Gasteiger partial charge in [0.25, 0.3) is 5.91 Å². The molecule has 2 saturated carbocycles. The van der Waals surface area contributed by atoms with Gasteiger partial charge in [0.1, 0.15) is 11.8 Å². The number of ether oxygens (including phenoxy) is 2. The van der Waals surface area contributed by atoms with Crippen LogP contribution in [-0.2, 0) is 51.1 Å². The normalized spacial score (nSPS) is 19.9. The molecule has 0 spiro atoms. The van der Waals surface area contributed by atoms with Crippen molar-refractivity contribution in [2.75, 3.05) is 60.0 Å². The molecule has 0 bridgehead atoms. The van der Waals surface area contributed by atoms with Gasteiger partial charge in [0.15, 0.2) is 5.78 Å². The molecule has 8 rings (SSSR count). The highest BCUT2D eigenvalue weighted by molar-refractivity contribution is 5.99. The van der Waals surface area contributed by atoms with Crippen molar-refractivity contribution in [2.45, 2.75) is 174 Å². The van der Waals surface area contributed by atoms with Gasteiger partial charge in [-0.05, 0) is 104 Å². The minimum atomic E-state index is -0.651. The van der Waals surface area contributed by atoms with E-state index in [2.05, 4.69) is 10.6 Å². The number of rotatable bonds is 30. The molecule has 0 unspecified atom stereocenters. The zero-order valence-electron chi connectivity index (χ0n) is 53.7. The summed E-state index contributed by atoms with van der Waals surface area (Å²) in [5.41, 5.74) is 4.57. The number of benzene rings is 4. The lowest BCUT2D eigenvalue weighted by Gasteiger charge is -2.38. The summed E-state index contributed by atoms with van der Waals surface area (Å²) in [7, 11) is 3.28. The van der Waals surface area contributed by atoms with E-state index >= 15 is 0 Å². The fraction of sp³-hybridized carbons (Fsp3) is 0.562. The molecule has 16 nitrogen and oxygen atoms in total. The average Bonchev–Trinajstić information content (AvgIpc) is 3.58. The summed E-state index contributed by atoms with van der Waals surface area (Å²) in [6.07, 6.45) is 12.5. The molecule has 2 saturated heterocycles. The maximum absolute atomic E-state index is 14.7. The van der Waals surface area contributed by atoms with Gasteiger partial charge in [-0.2, -0.15) is 0 Å². The second-order valence-electron chi connectivity index (χ2n) is 25.8. The Labute approximate surface area is 528 Å². The van der Waals surface area contributed by atoms with Crippen molar-refractivity contribution in [2.24, 2.45) is 29.6 Å². The molecule has 0 aromatic heterocycles. The van der Waals surface area contributed by atoms with Crippen LogP contribution in [0.25, 0.3) is 11.1 Å². The minimum Gasteiger partial charge on any atom is -0.379 e. The van der Waals surface area contributed by atoms with E-state index < -0.39 is 30.0 Å². The SMILES string of the molecule is CC[C@@H](C)C(=O)N[C@H](C(=O)N1CC[C@H](OC)[C@H]1CN(CCc1ccccc1)C(=O)CCC(=O)c1ccc(-c2ccc(C(=O)NCC(=O)N(CCc3ccccc3)C[C@@H]3[C@@H](OC)CCN3C(=O)[C@@H](CC(=O)C(C)C)C3CCCCC3)cc2)cc1)C1CCCCC1. The summed E-state index contributed by atoms with van der Waals surface area (Å²) in [5, 5.41) is 6.02. The van der Waals surface area contributed by atoms with Crippen LogP contribution in [0.1, 0.15) is 162 Å². The average molecular weight is 1220 g/mol. The molecule has 4 fully saturated rings. The molecule has 2 heterocycles. The highest BCUT2D eigenvalue weighted by Crippen LogP contribution is 2.37. The van der Waals surface area contributed by atoms with E-state index in [9.17, 15) is 38.4 Å². The largest absolute Gasteiger partial charge is 0.379 e. The number of carbonyl (C=O) groups excluding carboxylic acids is 8. The number of nitrogens with one attached hydrogen (secondary N) is 2. The third-order valence-corrected chi connectivity index (χ3v) is 19.7. The molecule has 480 valence electrons. The molecule has 2 N–H and O–H groups in total. The molecular formula is C73H98N6O10. The summed E-state index contributed by atoms with van der Waals surface area (Å²) in [6.45, 7) is 9.49. The molecule has 2 aliphatic heterocycles. The van der Waals surface area contributed by atoms with E-state index in [1.54, 1.807) is 48.3 Å². The Morgan fingerprint density at radius 3 is 1.54 bits per heavy atom. The van der Waals surface area contributed by atoms with Crippen molar-refractivity contribution < 1.29 is 47.8 Å². The lowest BCUT2D eigenvalue weighted by atomic mass is 9.76. The fourth-order valence-electron chi connectivity index (χ4n) is 13.8. The van der Waals surface area contributed by atoms with Crippen LogP contribution in [0.3, 0.4) is 0 Å². The highest BCUT2D eigenvalue weighted by atomic mass is 16.5. The van der Waals surface area contributed by atoms with Crippen molar-refractivity contribution in [3.63, 3.8) is 0 Å². The monoisotopic (exact) mass is 1220 g/mol. The maximum atomic E-state index is 14.7.